The fraction of sp³-hybridized carbons (Fsp3) is 0.250. The van der Waals surface area contributed by atoms with Crippen LogP contribution in [0.15, 0.2) is 35.5 Å². The third-order valence-electron chi connectivity index (χ3n) is 2.64. The van der Waals surface area contributed by atoms with Crippen molar-refractivity contribution in [1.29, 1.82) is 0 Å². The molecule has 3 nitrogen and oxygen atoms in total. The molecule has 0 saturated heterocycles. The average Bonchev–Trinajstić information content (AvgIpc) is 2.98. The van der Waals surface area contributed by atoms with Crippen molar-refractivity contribution in [3.63, 3.8) is 0 Å². The van der Waals surface area contributed by atoms with Crippen molar-refractivity contribution in [1.82, 2.24) is 4.98 Å². The van der Waals surface area contributed by atoms with E-state index >= 15 is 0 Å². The van der Waals surface area contributed by atoms with Gasteiger partial charge in [0.05, 0.1) is 16.8 Å². The quantitative estimate of drug-likeness (QED) is 0.867. The van der Waals surface area contributed by atoms with Crippen molar-refractivity contribution in [2.45, 2.75) is 12.5 Å². The van der Waals surface area contributed by atoms with Crippen LogP contribution < -0.4 is 0 Å². The fourth-order valence-electron chi connectivity index (χ4n) is 1.80. The topological polar surface area (TPSA) is 42.4 Å². The average molecular weight is 233 g/mol. The minimum atomic E-state index is -0.679. The highest BCUT2D eigenvalue weighted by Gasteiger charge is 2.18. The first-order valence-corrected chi connectivity index (χ1v) is 6.06. The van der Waals surface area contributed by atoms with Gasteiger partial charge in [0.1, 0.15) is 11.9 Å². The van der Waals surface area contributed by atoms with E-state index in [9.17, 15) is 5.11 Å². The van der Waals surface area contributed by atoms with Crippen LogP contribution in [0.3, 0.4) is 0 Å². The SMILES string of the molecule is OC(C1=CCCO1)c1cnc2ccsc2c1. The van der Waals surface area contributed by atoms with E-state index in [1.807, 2.05) is 23.6 Å². The van der Waals surface area contributed by atoms with Crippen LogP contribution in [-0.4, -0.2) is 16.7 Å². The van der Waals surface area contributed by atoms with E-state index in [0.29, 0.717) is 12.4 Å². The Morgan fingerprint density at radius 2 is 2.44 bits per heavy atom. The number of pyridine rings is 1. The Kier molecular flexibility index (Phi) is 2.38. The summed E-state index contributed by atoms with van der Waals surface area (Å²) in [5.74, 6) is 0.651. The summed E-state index contributed by atoms with van der Waals surface area (Å²) < 4.78 is 6.44. The number of aliphatic hydroxyl groups is 1. The first kappa shape index (κ1) is 9.81. The monoisotopic (exact) mass is 233 g/mol. The number of rotatable bonds is 2. The first-order chi connectivity index (χ1) is 7.84. The van der Waals surface area contributed by atoms with Crippen LogP contribution in [0.4, 0.5) is 0 Å². The molecule has 1 aliphatic heterocycles. The molecule has 1 unspecified atom stereocenters. The van der Waals surface area contributed by atoms with Gasteiger partial charge in [-0.05, 0) is 23.6 Å². The van der Waals surface area contributed by atoms with Crippen molar-refractivity contribution in [2.24, 2.45) is 0 Å². The van der Waals surface area contributed by atoms with E-state index in [2.05, 4.69) is 4.98 Å². The lowest BCUT2D eigenvalue weighted by Crippen LogP contribution is -2.02. The van der Waals surface area contributed by atoms with Crippen molar-refractivity contribution in [3.05, 3.63) is 41.1 Å². The number of ether oxygens (including phenoxy) is 1. The first-order valence-electron chi connectivity index (χ1n) is 5.18. The molecule has 82 valence electrons. The zero-order valence-electron chi connectivity index (χ0n) is 8.59. The number of aliphatic hydroxyl groups excluding tert-OH is 1. The summed E-state index contributed by atoms with van der Waals surface area (Å²) in [6.45, 7) is 0.668. The number of nitrogens with zero attached hydrogens (tertiary/aromatic N) is 1. The second-order valence-electron chi connectivity index (χ2n) is 3.72. The molecule has 0 bridgehead atoms. The van der Waals surface area contributed by atoms with Gasteiger partial charge in [0.25, 0.3) is 0 Å². The van der Waals surface area contributed by atoms with Gasteiger partial charge in [0.15, 0.2) is 0 Å². The summed E-state index contributed by atoms with van der Waals surface area (Å²) in [4.78, 5) is 4.30. The van der Waals surface area contributed by atoms with Crippen molar-refractivity contribution in [2.75, 3.05) is 6.61 Å². The molecule has 0 fully saturated rings. The maximum absolute atomic E-state index is 10.1. The molecule has 1 atom stereocenters. The molecule has 2 aromatic rings. The number of hydrogen-bond acceptors (Lipinski definition) is 4. The summed E-state index contributed by atoms with van der Waals surface area (Å²) >= 11 is 1.63. The van der Waals surface area contributed by atoms with Gasteiger partial charge in [-0.2, -0.15) is 0 Å². The minimum absolute atomic E-state index is 0.651. The van der Waals surface area contributed by atoms with Crippen molar-refractivity contribution in [3.8, 4) is 0 Å². The lowest BCUT2D eigenvalue weighted by molar-refractivity contribution is 0.119. The Bertz CT molecular complexity index is 547. The molecule has 0 amide bonds. The van der Waals surface area contributed by atoms with Crippen LogP contribution in [0.5, 0.6) is 0 Å². The number of hydrogen-bond donors (Lipinski definition) is 1. The van der Waals surface area contributed by atoms with E-state index in [4.69, 9.17) is 4.74 Å². The molecule has 1 aliphatic rings. The molecule has 0 spiro atoms. The molecule has 0 aromatic carbocycles. The summed E-state index contributed by atoms with van der Waals surface area (Å²) in [6.07, 6.45) is 3.84. The van der Waals surface area contributed by atoms with E-state index in [0.717, 1.165) is 22.2 Å². The highest BCUT2D eigenvalue weighted by molar-refractivity contribution is 7.17. The van der Waals surface area contributed by atoms with Gasteiger partial charge in [0.2, 0.25) is 0 Å². The molecule has 4 heteroatoms. The second kappa shape index (κ2) is 3.88. The molecular formula is C12H11NO2S. The maximum Gasteiger partial charge on any atom is 0.137 e. The normalized spacial score (nSPS) is 17.2. The zero-order valence-corrected chi connectivity index (χ0v) is 9.41. The van der Waals surface area contributed by atoms with Gasteiger partial charge in [-0.1, -0.05) is 0 Å². The molecular weight excluding hydrogens is 222 g/mol. The Hall–Kier alpha value is -1.39. The molecule has 2 aromatic heterocycles. The van der Waals surface area contributed by atoms with Crippen LogP contribution in [0.1, 0.15) is 18.1 Å². The molecule has 1 N–H and O–H groups in total. The van der Waals surface area contributed by atoms with Gasteiger partial charge in [-0.25, -0.2) is 0 Å². The van der Waals surface area contributed by atoms with E-state index < -0.39 is 6.10 Å². The smallest absolute Gasteiger partial charge is 0.137 e. The van der Waals surface area contributed by atoms with Gasteiger partial charge >= 0.3 is 0 Å². The van der Waals surface area contributed by atoms with Gasteiger partial charge < -0.3 is 9.84 Å². The second-order valence-corrected chi connectivity index (χ2v) is 4.67. The summed E-state index contributed by atoms with van der Waals surface area (Å²) in [5, 5.41) is 12.1. The molecule has 16 heavy (non-hydrogen) atoms. The van der Waals surface area contributed by atoms with Gasteiger partial charge in [-0.15, -0.1) is 11.3 Å². The van der Waals surface area contributed by atoms with Gasteiger partial charge in [-0.3, -0.25) is 4.98 Å². The Labute approximate surface area is 97.0 Å². The van der Waals surface area contributed by atoms with Crippen molar-refractivity contribution < 1.29 is 9.84 Å². The summed E-state index contributed by atoms with van der Waals surface area (Å²) in [7, 11) is 0. The maximum atomic E-state index is 10.1. The van der Waals surface area contributed by atoms with Crippen molar-refractivity contribution >= 4 is 21.6 Å². The third kappa shape index (κ3) is 1.60. The molecule has 0 aliphatic carbocycles. The highest BCUT2D eigenvalue weighted by Crippen LogP contribution is 2.28. The highest BCUT2D eigenvalue weighted by atomic mass is 32.1. The minimum Gasteiger partial charge on any atom is -0.495 e. The van der Waals surface area contributed by atoms with E-state index in [1.54, 1.807) is 17.5 Å². The van der Waals surface area contributed by atoms with Crippen LogP contribution in [-0.2, 0) is 4.74 Å². The Balaban J connectivity index is 1.98. The van der Waals surface area contributed by atoms with Crippen LogP contribution in [0, 0.1) is 0 Å². The van der Waals surface area contributed by atoms with Gasteiger partial charge in [0, 0.05) is 18.2 Å². The lowest BCUT2D eigenvalue weighted by atomic mass is 10.1. The molecule has 3 rings (SSSR count). The van der Waals surface area contributed by atoms with Crippen LogP contribution >= 0.6 is 11.3 Å². The number of fused-ring (bicyclic) bond motifs is 1. The fourth-order valence-corrected chi connectivity index (χ4v) is 2.59. The zero-order chi connectivity index (χ0) is 11.0. The van der Waals surface area contributed by atoms with Crippen LogP contribution in [0.25, 0.3) is 10.2 Å². The van der Waals surface area contributed by atoms with Crippen LogP contribution in [0.2, 0.25) is 0 Å². The lowest BCUT2D eigenvalue weighted by Gasteiger charge is -2.11. The molecule has 0 radical (unpaired) electrons. The predicted molar refractivity (Wildman–Crippen MR) is 63.2 cm³/mol. The van der Waals surface area contributed by atoms with E-state index in [1.165, 1.54) is 0 Å². The number of thiophene rings is 1. The summed E-state index contributed by atoms with van der Waals surface area (Å²) in [6, 6.07) is 3.95. The summed E-state index contributed by atoms with van der Waals surface area (Å²) in [5.41, 5.74) is 1.77. The third-order valence-corrected chi connectivity index (χ3v) is 3.49. The largest absolute Gasteiger partial charge is 0.495 e. The number of aromatic nitrogens is 1. The standard InChI is InChI=1S/C12H11NO2S/c14-12(10-2-1-4-15-10)8-6-11-9(13-7-8)3-5-16-11/h2-3,5-7,12,14H,1,4H2. The Morgan fingerprint density at radius 1 is 1.50 bits per heavy atom. The van der Waals surface area contributed by atoms with E-state index in [-0.39, 0.29) is 0 Å². The molecule has 0 saturated carbocycles. The predicted octanol–water partition coefficient (Wildman–Crippen LogP) is 2.63. The Morgan fingerprint density at radius 3 is 3.25 bits per heavy atom. The molecule has 3 heterocycles.